The molecule has 3 atom stereocenters. The third-order valence-corrected chi connectivity index (χ3v) is 5.15. The molecule has 0 N–H and O–H groups in total. The third kappa shape index (κ3) is 8.27. The van der Waals surface area contributed by atoms with Crippen LogP contribution in [0.25, 0.3) is 0 Å². The molecule has 0 aliphatic heterocycles. The van der Waals surface area contributed by atoms with Crippen molar-refractivity contribution in [3.63, 3.8) is 0 Å². The van der Waals surface area contributed by atoms with Gasteiger partial charge in [-0.2, -0.15) is 0 Å². The summed E-state index contributed by atoms with van der Waals surface area (Å²) >= 11 is 0. The average molecular weight is 488 g/mol. The fraction of sp³-hybridized carbons (Fsp3) is 0.462. The van der Waals surface area contributed by atoms with Gasteiger partial charge in [0.05, 0.1) is 13.0 Å². The van der Waals surface area contributed by atoms with Gasteiger partial charge in [-0.15, -0.1) is 0 Å². The van der Waals surface area contributed by atoms with Gasteiger partial charge in [0.2, 0.25) is 6.79 Å². The summed E-state index contributed by atoms with van der Waals surface area (Å²) < 4.78 is 27.2. The van der Waals surface area contributed by atoms with Crippen LogP contribution in [0, 0.1) is 11.8 Å². The largest absolute Gasteiger partial charge is 0.493 e. The second kappa shape index (κ2) is 13.3. The molecule has 2 aromatic rings. The molecule has 0 unspecified atom stereocenters. The molecule has 0 aliphatic carbocycles. The number of rotatable bonds is 13. The van der Waals surface area contributed by atoms with Gasteiger partial charge in [0.1, 0.15) is 18.0 Å². The van der Waals surface area contributed by atoms with Crippen LogP contribution in [0.5, 0.6) is 17.2 Å². The second-order valence-electron chi connectivity index (χ2n) is 8.40. The fourth-order valence-electron chi connectivity index (χ4n) is 3.36. The number of para-hydroxylation sites is 1. The number of carbonyl (C=O) groups is 3. The lowest BCUT2D eigenvalue weighted by Crippen LogP contribution is -2.39. The van der Waals surface area contributed by atoms with E-state index in [-0.39, 0.29) is 29.5 Å². The first-order chi connectivity index (χ1) is 16.6. The van der Waals surface area contributed by atoms with Gasteiger partial charge in [0, 0.05) is 25.6 Å². The zero-order valence-corrected chi connectivity index (χ0v) is 21.0. The van der Waals surface area contributed by atoms with E-state index < -0.39 is 42.6 Å². The van der Waals surface area contributed by atoms with Crippen LogP contribution in [-0.2, 0) is 19.1 Å². The number of esters is 2. The average Bonchev–Trinajstić information content (AvgIpc) is 2.82. The maximum Gasteiger partial charge on any atom is 0.309 e. The van der Waals surface area contributed by atoms with Gasteiger partial charge in [-0.3, -0.25) is 14.4 Å². The molecule has 1 aromatic carbocycles. The van der Waals surface area contributed by atoms with E-state index in [1.807, 2.05) is 51.1 Å². The number of methoxy groups -OCH3 is 1. The molecule has 0 saturated heterocycles. The summed E-state index contributed by atoms with van der Waals surface area (Å²) in [7, 11) is 1.41. The minimum atomic E-state index is -0.748. The minimum absolute atomic E-state index is 0.0121. The van der Waals surface area contributed by atoms with E-state index in [0.29, 0.717) is 5.75 Å². The van der Waals surface area contributed by atoms with Gasteiger partial charge >= 0.3 is 11.9 Å². The summed E-state index contributed by atoms with van der Waals surface area (Å²) in [5.74, 6) is -1.31. The molecule has 190 valence electrons. The topological polar surface area (TPSA) is 110 Å². The molecule has 9 nitrogen and oxygen atoms in total. The van der Waals surface area contributed by atoms with Crippen molar-refractivity contribution in [2.45, 2.75) is 53.2 Å². The van der Waals surface area contributed by atoms with E-state index in [1.54, 1.807) is 6.92 Å². The van der Waals surface area contributed by atoms with Crippen molar-refractivity contribution < 1.29 is 38.1 Å². The van der Waals surface area contributed by atoms with Crippen LogP contribution in [0.15, 0.2) is 42.6 Å². The SMILES string of the molecule is COc1ccnc(C(=O)C[C@@H](C)C(=O)O[C@@H](C(C)C)[C@@H](C)Oc2ccccc2)c1OCOC(C)=O. The number of pyridine rings is 1. The zero-order chi connectivity index (χ0) is 26.0. The number of Topliss-reactive ketones (excluding diaryl/α,β-unsaturated/α-hetero) is 1. The maximum atomic E-state index is 13.0. The molecule has 0 fully saturated rings. The lowest BCUT2D eigenvalue weighted by molar-refractivity contribution is -0.161. The summed E-state index contributed by atoms with van der Waals surface area (Å²) in [6, 6.07) is 10.8. The highest BCUT2D eigenvalue weighted by Crippen LogP contribution is 2.31. The number of nitrogens with zero attached hydrogens (tertiary/aromatic N) is 1. The van der Waals surface area contributed by atoms with Gasteiger partial charge in [0.25, 0.3) is 0 Å². The number of hydrogen-bond acceptors (Lipinski definition) is 9. The standard InChI is InChI=1S/C26H33NO8/c1-16(2)24(18(4)34-20-10-8-7-9-11-20)35-26(30)17(3)14-21(29)23-25(33-15-32-19(5)28)22(31-6)12-13-27-23/h7-13,16-18,24H,14-15H2,1-6H3/t17-,18-,24+/m1/s1. The Morgan fingerprint density at radius 2 is 1.69 bits per heavy atom. The molecule has 0 spiro atoms. The monoisotopic (exact) mass is 487 g/mol. The maximum absolute atomic E-state index is 13.0. The number of ether oxygens (including phenoxy) is 5. The first-order valence-corrected chi connectivity index (χ1v) is 11.4. The van der Waals surface area contributed by atoms with E-state index in [2.05, 4.69) is 4.98 Å². The van der Waals surface area contributed by atoms with Gasteiger partial charge < -0.3 is 23.7 Å². The van der Waals surface area contributed by atoms with Gasteiger partial charge in [-0.05, 0) is 25.0 Å². The molecular formula is C26H33NO8. The van der Waals surface area contributed by atoms with Crippen LogP contribution in [0.1, 0.15) is 51.5 Å². The molecule has 0 saturated carbocycles. The Bertz CT molecular complexity index is 992. The lowest BCUT2D eigenvalue weighted by atomic mass is 10.00. The second-order valence-corrected chi connectivity index (χ2v) is 8.40. The van der Waals surface area contributed by atoms with Crippen LogP contribution in [-0.4, -0.2) is 48.8 Å². The predicted octanol–water partition coefficient (Wildman–Crippen LogP) is 4.23. The zero-order valence-electron chi connectivity index (χ0n) is 21.0. The smallest absolute Gasteiger partial charge is 0.309 e. The summed E-state index contributed by atoms with van der Waals surface area (Å²) in [6.07, 6.45) is 0.315. The Labute approximate surface area is 205 Å². The molecule has 0 radical (unpaired) electrons. The fourth-order valence-corrected chi connectivity index (χ4v) is 3.36. The number of carbonyl (C=O) groups excluding carboxylic acids is 3. The molecule has 9 heteroatoms. The molecule has 35 heavy (non-hydrogen) atoms. The first-order valence-electron chi connectivity index (χ1n) is 11.4. The van der Waals surface area contributed by atoms with Crippen LogP contribution >= 0.6 is 0 Å². The van der Waals surface area contributed by atoms with E-state index in [1.165, 1.54) is 26.3 Å². The van der Waals surface area contributed by atoms with Crippen LogP contribution in [0.3, 0.4) is 0 Å². The van der Waals surface area contributed by atoms with E-state index in [9.17, 15) is 14.4 Å². The van der Waals surface area contributed by atoms with Crippen molar-refractivity contribution >= 4 is 17.7 Å². The molecule has 1 heterocycles. The summed E-state index contributed by atoms with van der Waals surface area (Å²) in [5.41, 5.74) is -0.0302. The predicted molar refractivity (Wildman–Crippen MR) is 127 cm³/mol. The highest BCUT2D eigenvalue weighted by atomic mass is 16.7. The van der Waals surface area contributed by atoms with Gasteiger partial charge in [0.15, 0.2) is 23.0 Å². The van der Waals surface area contributed by atoms with Crippen molar-refractivity contribution in [1.82, 2.24) is 4.98 Å². The highest BCUT2D eigenvalue weighted by Gasteiger charge is 2.30. The highest BCUT2D eigenvalue weighted by molar-refractivity contribution is 5.99. The van der Waals surface area contributed by atoms with E-state index in [0.717, 1.165) is 0 Å². The third-order valence-electron chi connectivity index (χ3n) is 5.15. The minimum Gasteiger partial charge on any atom is -0.493 e. The molecule has 0 amide bonds. The van der Waals surface area contributed by atoms with Crippen LogP contribution < -0.4 is 14.2 Å². The Morgan fingerprint density at radius 3 is 2.29 bits per heavy atom. The van der Waals surface area contributed by atoms with Crippen molar-refractivity contribution in [1.29, 1.82) is 0 Å². The quantitative estimate of drug-likeness (QED) is 0.233. The molecule has 1 aromatic heterocycles. The van der Waals surface area contributed by atoms with Crippen LogP contribution in [0.2, 0.25) is 0 Å². The normalized spacial score (nSPS) is 13.3. The van der Waals surface area contributed by atoms with Crippen molar-refractivity contribution in [2.75, 3.05) is 13.9 Å². The first kappa shape index (κ1) is 27.6. The Balaban J connectivity index is 2.08. The Kier molecular flexibility index (Phi) is 10.5. The molecule has 0 aliphatic rings. The summed E-state index contributed by atoms with van der Waals surface area (Å²) in [4.78, 5) is 41.0. The van der Waals surface area contributed by atoms with Gasteiger partial charge in [-0.25, -0.2) is 4.98 Å². The number of ketones is 1. The van der Waals surface area contributed by atoms with E-state index >= 15 is 0 Å². The number of hydrogen-bond donors (Lipinski definition) is 0. The molecule has 0 bridgehead atoms. The summed E-state index contributed by atoms with van der Waals surface area (Å²) in [5, 5.41) is 0. The number of benzene rings is 1. The van der Waals surface area contributed by atoms with Crippen molar-refractivity contribution in [3.8, 4) is 17.2 Å². The Hall–Kier alpha value is -3.62. The number of aromatic nitrogens is 1. The van der Waals surface area contributed by atoms with Crippen LogP contribution in [0.4, 0.5) is 0 Å². The summed E-state index contributed by atoms with van der Waals surface area (Å²) in [6.45, 7) is 8.15. The molecular weight excluding hydrogens is 454 g/mol. The van der Waals surface area contributed by atoms with E-state index in [4.69, 9.17) is 23.7 Å². The van der Waals surface area contributed by atoms with Crippen molar-refractivity contribution in [3.05, 3.63) is 48.3 Å². The van der Waals surface area contributed by atoms with Gasteiger partial charge in [-0.1, -0.05) is 39.0 Å². The molecule has 2 rings (SSSR count). The lowest BCUT2D eigenvalue weighted by Gasteiger charge is -2.29. The van der Waals surface area contributed by atoms with Crippen molar-refractivity contribution in [2.24, 2.45) is 11.8 Å². The Morgan fingerprint density at radius 1 is 1.00 bits per heavy atom.